The third-order valence-corrected chi connectivity index (χ3v) is 5.87. The van der Waals surface area contributed by atoms with Crippen LogP contribution in [0.3, 0.4) is 0 Å². The fourth-order valence-electron chi connectivity index (χ4n) is 4.13. The Kier molecular flexibility index (Phi) is 5.40. The molecule has 2 aromatic rings. The highest BCUT2D eigenvalue weighted by atomic mass is 16.5. The number of ether oxygens (including phenoxy) is 1. The van der Waals surface area contributed by atoms with Crippen LogP contribution in [0.4, 0.5) is 0 Å². The Bertz CT molecular complexity index is 1010. The molecule has 1 aliphatic carbocycles. The quantitative estimate of drug-likeness (QED) is 0.775. The van der Waals surface area contributed by atoms with Crippen LogP contribution >= 0.6 is 0 Å². The highest BCUT2D eigenvalue weighted by Gasteiger charge is 2.47. The maximum atomic E-state index is 12.9. The van der Waals surface area contributed by atoms with E-state index in [1.54, 1.807) is 19.3 Å². The molecule has 1 aromatic heterocycles. The van der Waals surface area contributed by atoms with E-state index in [-0.39, 0.29) is 18.2 Å². The van der Waals surface area contributed by atoms with Crippen molar-refractivity contribution in [1.29, 1.82) is 0 Å². The molecule has 0 saturated carbocycles. The van der Waals surface area contributed by atoms with Crippen molar-refractivity contribution in [3.05, 3.63) is 89.0 Å². The molecule has 4 rings (SSSR count). The Labute approximate surface area is 175 Å². The first-order valence-electron chi connectivity index (χ1n) is 10.1. The van der Waals surface area contributed by atoms with Crippen LogP contribution in [0.1, 0.15) is 30.4 Å². The molecule has 0 bridgehead atoms. The summed E-state index contributed by atoms with van der Waals surface area (Å²) >= 11 is 0. The number of primary amides is 1. The average molecular weight is 403 g/mol. The summed E-state index contributed by atoms with van der Waals surface area (Å²) in [6.45, 7) is 2.68. The molecule has 0 radical (unpaired) electrons. The first-order valence-corrected chi connectivity index (χ1v) is 10.1. The Morgan fingerprint density at radius 1 is 1.23 bits per heavy atom. The summed E-state index contributed by atoms with van der Waals surface area (Å²) < 4.78 is 5.96. The minimum atomic E-state index is -1.04. The number of hydrogen-bond acceptors (Lipinski definition) is 4. The van der Waals surface area contributed by atoms with Gasteiger partial charge in [-0.15, -0.1) is 0 Å². The number of rotatable bonds is 6. The second kappa shape index (κ2) is 8.14. The number of aromatic nitrogens is 1. The van der Waals surface area contributed by atoms with Crippen LogP contribution in [-0.2, 0) is 20.7 Å². The topological polar surface area (TPSA) is 94.3 Å². The third kappa shape index (κ3) is 3.73. The molecule has 0 saturated heterocycles. The number of nitrogens with two attached hydrogens (primary N) is 1. The normalized spacial score (nSPS) is 22.7. The van der Waals surface area contributed by atoms with E-state index in [1.807, 2.05) is 48.5 Å². The molecule has 2 unspecified atom stereocenters. The number of carbonyl (C=O) groups is 2. The van der Waals surface area contributed by atoms with Gasteiger partial charge in [0.1, 0.15) is 11.2 Å². The minimum absolute atomic E-state index is 0.0293. The molecule has 1 aliphatic heterocycles. The van der Waals surface area contributed by atoms with E-state index in [0.717, 1.165) is 16.7 Å². The predicted molar refractivity (Wildman–Crippen MR) is 113 cm³/mol. The van der Waals surface area contributed by atoms with Crippen LogP contribution in [0.5, 0.6) is 0 Å². The van der Waals surface area contributed by atoms with Crippen molar-refractivity contribution in [3.8, 4) is 0 Å². The molecular weight excluding hydrogens is 378 g/mol. The number of carbonyl (C=O) groups excluding carboxylic acids is 2. The smallest absolute Gasteiger partial charge is 0.247 e. The Morgan fingerprint density at radius 3 is 2.73 bits per heavy atom. The van der Waals surface area contributed by atoms with Crippen molar-refractivity contribution in [2.75, 3.05) is 13.2 Å². The van der Waals surface area contributed by atoms with E-state index in [0.29, 0.717) is 30.9 Å². The van der Waals surface area contributed by atoms with Gasteiger partial charge in [0, 0.05) is 36.0 Å². The van der Waals surface area contributed by atoms with Gasteiger partial charge in [0.25, 0.3) is 0 Å². The predicted octanol–water partition coefficient (Wildman–Crippen LogP) is 2.63. The van der Waals surface area contributed by atoms with Gasteiger partial charge in [-0.3, -0.25) is 14.6 Å². The zero-order valence-corrected chi connectivity index (χ0v) is 16.9. The highest BCUT2D eigenvalue weighted by molar-refractivity contribution is 5.97. The Hall–Kier alpha value is -3.41. The first-order chi connectivity index (χ1) is 14.5. The molecule has 3 N–H and O–H groups in total. The molecule has 2 heterocycles. The van der Waals surface area contributed by atoms with Crippen LogP contribution in [-0.4, -0.2) is 29.9 Å². The lowest BCUT2D eigenvalue weighted by Crippen LogP contribution is -2.41. The maximum absolute atomic E-state index is 12.9. The average Bonchev–Trinajstić information content (AvgIpc) is 3.20. The number of amides is 2. The standard InChI is InChI=1S/C24H25N3O3/c1-24(23(25)29)13-18(22(28)27-11-9-16-6-5-10-26-14-16)12-19-20(15-30-21(19)24)17-7-3-2-4-8-17/h2-8,10,12,14,20H,9,11,13,15H2,1H3,(H2,25,29)(H,27,28). The van der Waals surface area contributed by atoms with Crippen LogP contribution < -0.4 is 11.1 Å². The van der Waals surface area contributed by atoms with E-state index >= 15 is 0 Å². The van der Waals surface area contributed by atoms with Gasteiger partial charge in [0.2, 0.25) is 11.8 Å². The molecule has 6 heteroatoms. The van der Waals surface area contributed by atoms with Gasteiger partial charge in [-0.05, 0) is 43.0 Å². The lowest BCUT2D eigenvalue weighted by atomic mass is 9.73. The van der Waals surface area contributed by atoms with E-state index < -0.39 is 11.3 Å². The van der Waals surface area contributed by atoms with Gasteiger partial charge in [0.05, 0.1) is 6.61 Å². The number of hydrogen-bond donors (Lipinski definition) is 2. The second-order valence-corrected chi connectivity index (χ2v) is 7.97. The fraction of sp³-hybridized carbons (Fsp3) is 0.292. The molecular formula is C24H25N3O3. The van der Waals surface area contributed by atoms with Crippen LogP contribution in [0.2, 0.25) is 0 Å². The van der Waals surface area contributed by atoms with Crippen LogP contribution in [0.25, 0.3) is 0 Å². The summed E-state index contributed by atoms with van der Waals surface area (Å²) in [5, 5.41) is 2.96. The van der Waals surface area contributed by atoms with Gasteiger partial charge < -0.3 is 15.8 Å². The van der Waals surface area contributed by atoms with Gasteiger partial charge in [-0.2, -0.15) is 0 Å². The summed E-state index contributed by atoms with van der Waals surface area (Å²) in [5.74, 6) is -0.108. The lowest BCUT2D eigenvalue weighted by molar-refractivity contribution is -0.127. The van der Waals surface area contributed by atoms with Crippen molar-refractivity contribution in [3.63, 3.8) is 0 Å². The van der Waals surface area contributed by atoms with E-state index in [1.165, 1.54) is 0 Å². The van der Waals surface area contributed by atoms with Crippen molar-refractivity contribution in [2.45, 2.75) is 25.7 Å². The minimum Gasteiger partial charge on any atom is -0.495 e. The van der Waals surface area contributed by atoms with Crippen molar-refractivity contribution < 1.29 is 14.3 Å². The van der Waals surface area contributed by atoms with Crippen LogP contribution in [0, 0.1) is 5.41 Å². The van der Waals surface area contributed by atoms with Crippen LogP contribution in [0.15, 0.2) is 77.8 Å². The van der Waals surface area contributed by atoms with Gasteiger partial charge >= 0.3 is 0 Å². The fourth-order valence-corrected chi connectivity index (χ4v) is 4.13. The summed E-state index contributed by atoms with van der Waals surface area (Å²) in [7, 11) is 0. The Morgan fingerprint density at radius 2 is 2.03 bits per heavy atom. The first kappa shape index (κ1) is 19.9. The van der Waals surface area contributed by atoms with Crippen molar-refractivity contribution in [1.82, 2.24) is 10.3 Å². The molecule has 30 heavy (non-hydrogen) atoms. The zero-order chi connectivity index (χ0) is 21.1. The molecule has 0 spiro atoms. The molecule has 1 aromatic carbocycles. The maximum Gasteiger partial charge on any atom is 0.247 e. The number of nitrogens with one attached hydrogen (secondary N) is 1. The van der Waals surface area contributed by atoms with Gasteiger partial charge in [-0.1, -0.05) is 36.4 Å². The van der Waals surface area contributed by atoms with E-state index in [4.69, 9.17) is 10.5 Å². The number of pyridine rings is 1. The summed E-state index contributed by atoms with van der Waals surface area (Å²) in [4.78, 5) is 29.4. The van der Waals surface area contributed by atoms with Crippen molar-refractivity contribution in [2.24, 2.45) is 11.1 Å². The molecule has 2 atom stereocenters. The molecule has 154 valence electrons. The summed E-state index contributed by atoms with van der Waals surface area (Å²) in [6.07, 6.45) is 6.29. The molecule has 6 nitrogen and oxygen atoms in total. The highest BCUT2D eigenvalue weighted by Crippen LogP contribution is 2.49. The van der Waals surface area contributed by atoms with Gasteiger partial charge in [-0.25, -0.2) is 0 Å². The summed E-state index contributed by atoms with van der Waals surface area (Å²) in [5.41, 5.74) is 8.28. The monoisotopic (exact) mass is 403 g/mol. The number of benzene rings is 1. The molecule has 2 aliphatic rings. The number of nitrogens with zero attached hydrogens (tertiary/aromatic N) is 1. The molecule has 0 fully saturated rings. The molecule has 2 amide bonds. The zero-order valence-electron chi connectivity index (χ0n) is 16.9. The third-order valence-electron chi connectivity index (χ3n) is 5.87. The Balaban J connectivity index is 1.57. The lowest BCUT2D eigenvalue weighted by Gasteiger charge is -2.31. The SMILES string of the molecule is CC1(C(N)=O)CC(C(=O)NCCc2cccnc2)=CC2=C1OCC2c1ccccc1. The van der Waals surface area contributed by atoms with E-state index in [9.17, 15) is 9.59 Å². The van der Waals surface area contributed by atoms with Gasteiger partial charge in [0.15, 0.2) is 0 Å². The van der Waals surface area contributed by atoms with Crippen molar-refractivity contribution >= 4 is 11.8 Å². The largest absolute Gasteiger partial charge is 0.495 e. The second-order valence-electron chi connectivity index (χ2n) is 7.97. The summed E-state index contributed by atoms with van der Waals surface area (Å²) in [6, 6.07) is 13.8. The van der Waals surface area contributed by atoms with E-state index in [2.05, 4.69) is 10.3 Å². The number of allylic oxidation sites excluding steroid dienone is 1.